The molecule has 5 heteroatoms. The SMILES string of the molecule is CCCCCCCC(=S)OCC(F)(F)F. The Morgan fingerprint density at radius 1 is 1.13 bits per heavy atom. The fourth-order valence-electron chi connectivity index (χ4n) is 1.11. The van der Waals surface area contributed by atoms with E-state index in [4.69, 9.17) is 0 Å². The molecule has 0 atom stereocenters. The van der Waals surface area contributed by atoms with Gasteiger partial charge in [0.15, 0.2) is 11.7 Å². The first kappa shape index (κ1) is 14.7. The second-order valence-electron chi connectivity index (χ2n) is 3.44. The maximum absolute atomic E-state index is 11.7. The quantitative estimate of drug-likeness (QED) is 0.487. The molecular weight excluding hydrogens is 225 g/mol. The van der Waals surface area contributed by atoms with Crippen molar-refractivity contribution in [3.05, 3.63) is 0 Å². The van der Waals surface area contributed by atoms with Gasteiger partial charge < -0.3 is 4.74 Å². The number of thiocarbonyl (C=S) groups is 1. The molecule has 0 fully saturated rings. The summed E-state index contributed by atoms with van der Waals surface area (Å²) in [6, 6.07) is 0. The summed E-state index contributed by atoms with van der Waals surface area (Å²) in [6.45, 7) is 0.845. The molecule has 0 rings (SSSR count). The lowest BCUT2D eigenvalue weighted by Crippen LogP contribution is -2.19. The van der Waals surface area contributed by atoms with Crippen molar-refractivity contribution in [2.75, 3.05) is 6.61 Å². The Bertz CT molecular complexity index is 180. The first-order valence-electron chi connectivity index (χ1n) is 5.18. The molecule has 90 valence electrons. The Hall–Kier alpha value is -0.320. The summed E-state index contributed by atoms with van der Waals surface area (Å²) >= 11 is 4.68. The molecule has 0 radical (unpaired) electrons. The van der Waals surface area contributed by atoms with Crippen molar-refractivity contribution >= 4 is 17.3 Å². The largest absolute Gasteiger partial charge is 0.478 e. The standard InChI is InChI=1S/C10H17F3OS/c1-2-3-4-5-6-7-9(15)14-8-10(11,12)13/h2-8H2,1H3. The number of ether oxygens (including phenoxy) is 1. The second kappa shape index (κ2) is 7.91. The van der Waals surface area contributed by atoms with Crippen molar-refractivity contribution in [1.82, 2.24) is 0 Å². The Morgan fingerprint density at radius 3 is 2.27 bits per heavy atom. The average molecular weight is 242 g/mol. The lowest BCUT2D eigenvalue weighted by atomic mass is 10.1. The third-order valence-electron chi connectivity index (χ3n) is 1.88. The summed E-state index contributed by atoms with van der Waals surface area (Å²) in [5.74, 6) is 0. The van der Waals surface area contributed by atoms with Gasteiger partial charge in [0.2, 0.25) is 0 Å². The summed E-state index contributed by atoms with van der Waals surface area (Å²) in [5, 5.41) is 0.0730. The van der Waals surface area contributed by atoms with E-state index in [0.29, 0.717) is 6.42 Å². The predicted molar refractivity (Wildman–Crippen MR) is 58.0 cm³/mol. The highest BCUT2D eigenvalue weighted by atomic mass is 32.1. The van der Waals surface area contributed by atoms with Crippen molar-refractivity contribution in [3.8, 4) is 0 Å². The van der Waals surface area contributed by atoms with Crippen molar-refractivity contribution in [1.29, 1.82) is 0 Å². The van der Waals surface area contributed by atoms with Gasteiger partial charge in [-0.15, -0.1) is 0 Å². The molecule has 0 aliphatic carbocycles. The average Bonchev–Trinajstić information content (AvgIpc) is 2.13. The predicted octanol–water partition coefficient (Wildman–Crippen LogP) is 4.25. The number of unbranched alkanes of at least 4 members (excludes halogenated alkanes) is 4. The van der Waals surface area contributed by atoms with E-state index >= 15 is 0 Å². The van der Waals surface area contributed by atoms with Crippen LogP contribution in [0, 0.1) is 0 Å². The van der Waals surface area contributed by atoms with Crippen LogP contribution in [0.5, 0.6) is 0 Å². The maximum atomic E-state index is 11.7. The van der Waals surface area contributed by atoms with Gasteiger partial charge in [-0.1, -0.05) is 32.6 Å². The molecular formula is C10H17F3OS. The monoisotopic (exact) mass is 242 g/mol. The number of rotatable bonds is 7. The zero-order valence-electron chi connectivity index (χ0n) is 8.90. The van der Waals surface area contributed by atoms with Gasteiger partial charge in [-0.05, 0) is 18.6 Å². The number of hydrogen-bond donors (Lipinski definition) is 0. The summed E-state index contributed by atoms with van der Waals surface area (Å²) in [7, 11) is 0. The highest BCUT2D eigenvalue weighted by molar-refractivity contribution is 7.80. The first-order valence-corrected chi connectivity index (χ1v) is 5.59. The Labute approximate surface area is 94.0 Å². The van der Waals surface area contributed by atoms with Gasteiger partial charge in [0, 0.05) is 6.42 Å². The number of halogens is 3. The van der Waals surface area contributed by atoms with Gasteiger partial charge >= 0.3 is 6.18 Å². The van der Waals surface area contributed by atoms with Crippen LogP contribution in [-0.2, 0) is 4.74 Å². The zero-order valence-corrected chi connectivity index (χ0v) is 9.72. The van der Waals surface area contributed by atoms with Crippen LogP contribution in [-0.4, -0.2) is 17.8 Å². The van der Waals surface area contributed by atoms with E-state index in [-0.39, 0.29) is 5.05 Å². The fraction of sp³-hybridized carbons (Fsp3) is 0.900. The minimum Gasteiger partial charge on any atom is -0.478 e. The molecule has 0 aromatic carbocycles. The maximum Gasteiger partial charge on any atom is 0.422 e. The van der Waals surface area contributed by atoms with Crippen LogP contribution in [0.1, 0.15) is 45.4 Å². The summed E-state index contributed by atoms with van der Waals surface area (Å²) in [5.41, 5.74) is 0. The number of hydrogen-bond acceptors (Lipinski definition) is 2. The lowest BCUT2D eigenvalue weighted by Gasteiger charge is -2.09. The molecule has 0 aliphatic rings. The Morgan fingerprint density at radius 2 is 1.73 bits per heavy atom. The molecule has 0 aliphatic heterocycles. The molecule has 1 nitrogen and oxygen atoms in total. The molecule has 0 aromatic rings. The highest BCUT2D eigenvalue weighted by Gasteiger charge is 2.28. The smallest absolute Gasteiger partial charge is 0.422 e. The number of alkyl halides is 3. The minimum atomic E-state index is -4.29. The summed E-state index contributed by atoms with van der Waals surface area (Å²) < 4.78 is 39.6. The van der Waals surface area contributed by atoms with Crippen LogP contribution in [0.3, 0.4) is 0 Å². The molecule has 0 amide bonds. The van der Waals surface area contributed by atoms with E-state index in [2.05, 4.69) is 23.9 Å². The van der Waals surface area contributed by atoms with Gasteiger partial charge in [-0.3, -0.25) is 0 Å². The molecule has 15 heavy (non-hydrogen) atoms. The van der Waals surface area contributed by atoms with E-state index in [0.717, 1.165) is 32.1 Å². The van der Waals surface area contributed by atoms with E-state index in [1.165, 1.54) is 0 Å². The third kappa shape index (κ3) is 11.6. The highest BCUT2D eigenvalue weighted by Crippen LogP contribution is 2.15. The molecule has 0 unspecified atom stereocenters. The van der Waals surface area contributed by atoms with Crippen LogP contribution in [0.25, 0.3) is 0 Å². The Kier molecular flexibility index (Phi) is 7.74. The topological polar surface area (TPSA) is 9.23 Å². The van der Waals surface area contributed by atoms with Crippen LogP contribution in [0.2, 0.25) is 0 Å². The van der Waals surface area contributed by atoms with Crippen molar-refractivity contribution in [3.63, 3.8) is 0 Å². The fourth-order valence-corrected chi connectivity index (χ4v) is 1.31. The zero-order chi connectivity index (χ0) is 11.7. The van der Waals surface area contributed by atoms with Crippen molar-refractivity contribution < 1.29 is 17.9 Å². The van der Waals surface area contributed by atoms with Gasteiger partial charge in [0.25, 0.3) is 0 Å². The van der Waals surface area contributed by atoms with Crippen LogP contribution in [0.4, 0.5) is 13.2 Å². The molecule has 0 aromatic heterocycles. The van der Waals surface area contributed by atoms with E-state index < -0.39 is 12.8 Å². The molecule has 0 bridgehead atoms. The van der Waals surface area contributed by atoms with E-state index in [9.17, 15) is 13.2 Å². The van der Waals surface area contributed by atoms with Gasteiger partial charge in [-0.25, -0.2) is 0 Å². The van der Waals surface area contributed by atoms with Crippen molar-refractivity contribution in [2.24, 2.45) is 0 Å². The molecule has 0 spiro atoms. The van der Waals surface area contributed by atoms with Gasteiger partial charge in [-0.2, -0.15) is 13.2 Å². The summed E-state index contributed by atoms with van der Waals surface area (Å²) in [6.07, 6.45) is 1.41. The normalized spacial score (nSPS) is 11.5. The van der Waals surface area contributed by atoms with Crippen LogP contribution >= 0.6 is 12.2 Å². The third-order valence-corrected chi connectivity index (χ3v) is 2.20. The van der Waals surface area contributed by atoms with E-state index in [1.807, 2.05) is 0 Å². The van der Waals surface area contributed by atoms with Crippen molar-refractivity contribution in [2.45, 2.75) is 51.6 Å². The molecule has 0 N–H and O–H groups in total. The van der Waals surface area contributed by atoms with Gasteiger partial charge in [0.05, 0.1) is 0 Å². The molecule has 0 saturated heterocycles. The molecule has 0 saturated carbocycles. The summed E-state index contributed by atoms with van der Waals surface area (Å²) in [4.78, 5) is 0. The minimum absolute atomic E-state index is 0.0730. The molecule has 0 heterocycles. The lowest BCUT2D eigenvalue weighted by molar-refractivity contribution is -0.156. The van der Waals surface area contributed by atoms with Gasteiger partial charge in [0.1, 0.15) is 0 Å². The second-order valence-corrected chi connectivity index (χ2v) is 3.90. The first-order chi connectivity index (χ1) is 6.95. The van der Waals surface area contributed by atoms with Crippen LogP contribution in [0.15, 0.2) is 0 Å². The van der Waals surface area contributed by atoms with Crippen LogP contribution < -0.4 is 0 Å². The van der Waals surface area contributed by atoms with E-state index in [1.54, 1.807) is 0 Å². The Balaban J connectivity index is 3.34.